The van der Waals surface area contributed by atoms with Gasteiger partial charge >= 0.3 is 0 Å². The van der Waals surface area contributed by atoms with E-state index in [0.717, 1.165) is 26.2 Å². The highest BCUT2D eigenvalue weighted by molar-refractivity contribution is 5.85. The second kappa shape index (κ2) is 14.9. The smallest absolute Gasteiger partial charge is 0.0432 e. The zero-order valence-corrected chi connectivity index (χ0v) is 30.2. The molecule has 1 aliphatic rings. The van der Waals surface area contributed by atoms with Crippen LogP contribution in [0.25, 0.3) is 22.3 Å². The SMILES string of the molecule is Cc1ccc(N(Cc2cccc(-c3cc(C)c(C)c(C)c3)c2)C2CCN(Cc3cccc(-c4cc(C)c(C)c(C)c4)c3)CC2)cc1.Cl. The molecule has 0 atom stereocenters. The van der Waals surface area contributed by atoms with Crippen molar-refractivity contribution < 1.29 is 0 Å². The van der Waals surface area contributed by atoms with Gasteiger partial charge < -0.3 is 4.90 Å². The number of rotatable bonds is 8. The van der Waals surface area contributed by atoms with Crippen molar-refractivity contribution in [3.05, 3.63) is 147 Å². The molecule has 47 heavy (non-hydrogen) atoms. The van der Waals surface area contributed by atoms with Crippen LogP contribution in [0.1, 0.15) is 62.9 Å². The lowest BCUT2D eigenvalue weighted by Crippen LogP contribution is -2.44. The van der Waals surface area contributed by atoms with Gasteiger partial charge in [0.15, 0.2) is 0 Å². The van der Waals surface area contributed by atoms with Crippen LogP contribution in [0.2, 0.25) is 0 Å². The van der Waals surface area contributed by atoms with Gasteiger partial charge in [0.2, 0.25) is 0 Å². The fourth-order valence-electron chi connectivity index (χ4n) is 7.11. The number of aryl methyl sites for hydroxylation is 5. The predicted octanol–water partition coefficient (Wildman–Crippen LogP) is 11.3. The van der Waals surface area contributed by atoms with Crippen molar-refractivity contribution in [3.63, 3.8) is 0 Å². The third kappa shape index (κ3) is 8.00. The third-order valence-electron chi connectivity index (χ3n) is 10.5. The topological polar surface area (TPSA) is 6.48 Å². The number of hydrogen-bond acceptors (Lipinski definition) is 2. The van der Waals surface area contributed by atoms with Crippen molar-refractivity contribution in [1.29, 1.82) is 0 Å². The summed E-state index contributed by atoms with van der Waals surface area (Å²) < 4.78 is 0. The molecule has 0 saturated carbocycles. The fraction of sp³-hybridized carbons (Fsp3) is 0.318. The average molecular weight is 643 g/mol. The molecule has 5 aromatic carbocycles. The van der Waals surface area contributed by atoms with E-state index in [-0.39, 0.29) is 12.4 Å². The Morgan fingerprint density at radius 1 is 0.553 bits per heavy atom. The summed E-state index contributed by atoms with van der Waals surface area (Å²) in [6.07, 6.45) is 2.33. The van der Waals surface area contributed by atoms with Crippen LogP contribution in [0.3, 0.4) is 0 Å². The molecule has 244 valence electrons. The molecular weight excluding hydrogens is 592 g/mol. The van der Waals surface area contributed by atoms with E-state index in [9.17, 15) is 0 Å². The second-order valence-electron chi connectivity index (χ2n) is 13.8. The van der Waals surface area contributed by atoms with E-state index >= 15 is 0 Å². The van der Waals surface area contributed by atoms with Gasteiger partial charge in [-0.15, -0.1) is 12.4 Å². The molecule has 0 aliphatic carbocycles. The van der Waals surface area contributed by atoms with E-state index in [0.29, 0.717) is 6.04 Å². The molecular formula is C44H51ClN2. The maximum atomic E-state index is 2.67. The Labute approximate surface area is 289 Å². The molecule has 1 heterocycles. The highest BCUT2D eigenvalue weighted by atomic mass is 35.5. The summed E-state index contributed by atoms with van der Waals surface area (Å²) in [5, 5.41) is 0. The minimum Gasteiger partial charge on any atom is -0.364 e. The number of likely N-dealkylation sites (tertiary alicyclic amines) is 1. The molecule has 0 radical (unpaired) electrons. The van der Waals surface area contributed by atoms with Gasteiger partial charge in [0, 0.05) is 37.9 Å². The molecule has 0 unspecified atom stereocenters. The fourth-order valence-corrected chi connectivity index (χ4v) is 7.11. The Morgan fingerprint density at radius 2 is 1.02 bits per heavy atom. The minimum atomic E-state index is 0. The largest absolute Gasteiger partial charge is 0.364 e. The Balaban J connectivity index is 0.00000433. The predicted molar refractivity (Wildman–Crippen MR) is 205 cm³/mol. The zero-order chi connectivity index (χ0) is 32.4. The monoisotopic (exact) mass is 642 g/mol. The van der Waals surface area contributed by atoms with Crippen LogP contribution in [-0.4, -0.2) is 24.0 Å². The summed E-state index contributed by atoms with van der Waals surface area (Å²) in [7, 11) is 0. The Bertz CT molecular complexity index is 1780. The van der Waals surface area contributed by atoms with Crippen molar-refractivity contribution in [1.82, 2.24) is 4.90 Å². The van der Waals surface area contributed by atoms with E-state index in [4.69, 9.17) is 0 Å². The summed E-state index contributed by atoms with van der Waals surface area (Å²) in [4.78, 5) is 5.32. The number of benzene rings is 5. The van der Waals surface area contributed by atoms with E-state index in [1.807, 2.05) is 0 Å². The van der Waals surface area contributed by atoms with Gasteiger partial charge in [0.1, 0.15) is 0 Å². The molecule has 5 aromatic rings. The molecule has 0 N–H and O–H groups in total. The van der Waals surface area contributed by atoms with Crippen LogP contribution in [-0.2, 0) is 13.1 Å². The van der Waals surface area contributed by atoms with Crippen LogP contribution in [0.5, 0.6) is 0 Å². The Kier molecular flexibility index (Phi) is 11.0. The van der Waals surface area contributed by atoms with Crippen LogP contribution in [0.15, 0.2) is 97.1 Å². The lowest BCUT2D eigenvalue weighted by molar-refractivity contribution is 0.201. The van der Waals surface area contributed by atoms with Gasteiger partial charge in [-0.05, 0) is 152 Å². The lowest BCUT2D eigenvalue weighted by Gasteiger charge is -2.40. The molecule has 6 rings (SSSR count). The normalized spacial score (nSPS) is 13.8. The number of halogens is 1. The third-order valence-corrected chi connectivity index (χ3v) is 10.5. The standard InChI is InChI=1S/C44H50N2.ClH/c1-30-14-16-43(17-15-30)46(29-38-11-9-13-40(27-38)42-24-33(4)36(7)34(5)25-42)44-18-20-45(21-19-44)28-37-10-8-12-39(26-37)41-22-31(2)35(6)32(3)23-41;/h8-17,22-27,44H,18-21,28-29H2,1-7H3;1H. The van der Waals surface area contributed by atoms with Gasteiger partial charge in [-0.3, -0.25) is 4.90 Å². The maximum Gasteiger partial charge on any atom is 0.0432 e. The molecule has 0 aromatic heterocycles. The first-order valence-corrected chi connectivity index (χ1v) is 17.0. The average Bonchev–Trinajstić information content (AvgIpc) is 3.06. The number of piperidine rings is 1. The summed E-state index contributed by atoms with van der Waals surface area (Å²) in [5.74, 6) is 0. The van der Waals surface area contributed by atoms with Crippen LogP contribution < -0.4 is 4.90 Å². The highest BCUT2D eigenvalue weighted by Crippen LogP contribution is 2.31. The van der Waals surface area contributed by atoms with Crippen molar-refractivity contribution in [3.8, 4) is 22.3 Å². The second-order valence-corrected chi connectivity index (χ2v) is 13.8. The molecule has 3 heteroatoms. The van der Waals surface area contributed by atoms with Crippen LogP contribution >= 0.6 is 12.4 Å². The molecule has 2 nitrogen and oxygen atoms in total. The molecule has 0 amide bonds. The van der Waals surface area contributed by atoms with E-state index in [2.05, 4.69) is 155 Å². The van der Waals surface area contributed by atoms with Crippen LogP contribution in [0, 0.1) is 48.5 Å². The lowest BCUT2D eigenvalue weighted by atomic mass is 9.95. The van der Waals surface area contributed by atoms with Crippen LogP contribution in [0.4, 0.5) is 5.69 Å². The van der Waals surface area contributed by atoms with E-state index < -0.39 is 0 Å². The maximum absolute atomic E-state index is 2.67. The summed E-state index contributed by atoms with van der Waals surface area (Å²) in [5.41, 5.74) is 18.9. The number of nitrogens with zero attached hydrogens (tertiary/aromatic N) is 2. The summed E-state index contributed by atoms with van der Waals surface area (Å²) in [6.45, 7) is 19.7. The van der Waals surface area contributed by atoms with Gasteiger partial charge in [-0.2, -0.15) is 0 Å². The first-order valence-electron chi connectivity index (χ1n) is 17.0. The molecule has 1 fully saturated rings. The number of hydrogen-bond donors (Lipinski definition) is 0. The van der Waals surface area contributed by atoms with E-state index in [1.165, 1.54) is 90.9 Å². The van der Waals surface area contributed by atoms with Crippen molar-refractivity contribution in [2.24, 2.45) is 0 Å². The first kappa shape index (κ1) is 34.5. The summed E-state index contributed by atoms with van der Waals surface area (Å²) in [6, 6.07) is 37.4. The van der Waals surface area contributed by atoms with Crippen molar-refractivity contribution in [2.45, 2.75) is 80.4 Å². The molecule has 1 saturated heterocycles. The highest BCUT2D eigenvalue weighted by Gasteiger charge is 2.25. The molecule has 0 bridgehead atoms. The number of anilines is 1. The van der Waals surface area contributed by atoms with Crippen molar-refractivity contribution in [2.75, 3.05) is 18.0 Å². The molecule has 0 spiro atoms. The van der Waals surface area contributed by atoms with E-state index in [1.54, 1.807) is 0 Å². The van der Waals surface area contributed by atoms with Crippen molar-refractivity contribution >= 4 is 18.1 Å². The Morgan fingerprint density at radius 3 is 1.53 bits per heavy atom. The van der Waals surface area contributed by atoms with Gasteiger partial charge in [-0.1, -0.05) is 78.4 Å². The zero-order valence-electron chi connectivity index (χ0n) is 29.4. The Hall–Kier alpha value is -3.85. The quantitative estimate of drug-likeness (QED) is 0.166. The molecule has 1 aliphatic heterocycles. The van der Waals surface area contributed by atoms with Gasteiger partial charge in [-0.25, -0.2) is 0 Å². The minimum absolute atomic E-state index is 0. The summed E-state index contributed by atoms with van der Waals surface area (Å²) >= 11 is 0. The van der Waals surface area contributed by atoms with Gasteiger partial charge in [0.05, 0.1) is 0 Å². The van der Waals surface area contributed by atoms with Gasteiger partial charge in [0.25, 0.3) is 0 Å². The first-order chi connectivity index (χ1) is 22.1.